The molecule has 4 nitrogen and oxygen atoms in total. The number of halogens is 1. The summed E-state index contributed by atoms with van der Waals surface area (Å²) in [4.78, 5) is 16.3. The monoisotopic (exact) mass is 402 g/mol. The second-order valence-corrected chi connectivity index (χ2v) is 6.27. The van der Waals surface area contributed by atoms with Crippen LogP contribution in [0.1, 0.15) is 13.3 Å². The smallest absolute Gasteiger partial charge is 0.255 e. The van der Waals surface area contributed by atoms with E-state index >= 15 is 0 Å². The predicted octanol–water partition coefficient (Wildman–Crippen LogP) is 3.78. The van der Waals surface area contributed by atoms with E-state index in [2.05, 4.69) is 32.9 Å². The Morgan fingerprint density at radius 3 is 2.75 bits per heavy atom. The normalized spacial score (nSPS) is 12.2. The average Bonchev–Trinajstić information content (AvgIpc) is 2.89. The zero-order chi connectivity index (χ0) is 14.5. The maximum absolute atomic E-state index is 11.9. The SMILES string of the molecule is CCC(OC)C(=O)Nc1nc(-c2ccc(I)cc2)cs1. The summed E-state index contributed by atoms with van der Waals surface area (Å²) in [6.45, 7) is 1.91. The Bertz CT molecular complexity index is 579. The van der Waals surface area contributed by atoms with E-state index in [0.29, 0.717) is 11.6 Å². The molecule has 20 heavy (non-hydrogen) atoms. The van der Waals surface area contributed by atoms with Crippen molar-refractivity contribution in [1.29, 1.82) is 0 Å². The van der Waals surface area contributed by atoms with Crippen LogP contribution < -0.4 is 5.32 Å². The largest absolute Gasteiger partial charge is 0.372 e. The molecule has 1 aromatic carbocycles. The van der Waals surface area contributed by atoms with Crippen LogP contribution in [0.2, 0.25) is 0 Å². The number of hydrogen-bond donors (Lipinski definition) is 1. The van der Waals surface area contributed by atoms with Gasteiger partial charge in [0, 0.05) is 21.6 Å². The number of nitrogens with one attached hydrogen (secondary N) is 1. The number of ether oxygens (including phenoxy) is 1. The van der Waals surface area contributed by atoms with E-state index in [1.165, 1.54) is 22.0 Å². The van der Waals surface area contributed by atoms with E-state index in [4.69, 9.17) is 4.74 Å². The Kier molecular flexibility index (Phi) is 5.50. The number of carbonyl (C=O) groups is 1. The lowest BCUT2D eigenvalue weighted by Gasteiger charge is -2.11. The van der Waals surface area contributed by atoms with Crippen LogP contribution in [-0.4, -0.2) is 24.1 Å². The third-order valence-corrected chi connectivity index (χ3v) is 4.30. The summed E-state index contributed by atoms with van der Waals surface area (Å²) in [7, 11) is 1.53. The van der Waals surface area contributed by atoms with Gasteiger partial charge in [-0.05, 0) is 41.1 Å². The summed E-state index contributed by atoms with van der Waals surface area (Å²) in [6.07, 6.45) is 0.207. The zero-order valence-corrected chi connectivity index (χ0v) is 14.2. The second kappa shape index (κ2) is 7.14. The molecule has 0 radical (unpaired) electrons. The van der Waals surface area contributed by atoms with Crippen LogP contribution in [-0.2, 0) is 9.53 Å². The molecule has 2 rings (SSSR count). The molecule has 0 spiro atoms. The summed E-state index contributed by atoms with van der Waals surface area (Å²) in [5, 5.41) is 5.32. The quantitative estimate of drug-likeness (QED) is 0.775. The van der Waals surface area contributed by atoms with Gasteiger partial charge >= 0.3 is 0 Å². The topological polar surface area (TPSA) is 51.2 Å². The van der Waals surface area contributed by atoms with Crippen molar-refractivity contribution in [2.75, 3.05) is 12.4 Å². The van der Waals surface area contributed by atoms with E-state index in [-0.39, 0.29) is 5.91 Å². The minimum atomic E-state index is -0.430. The highest BCUT2D eigenvalue weighted by Gasteiger charge is 2.16. The van der Waals surface area contributed by atoms with E-state index < -0.39 is 6.10 Å². The van der Waals surface area contributed by atoms with Crippen molar-refractivity contribution >= 4 is 45.0 Å². The van der Waals surface area contributed by atoms with Gasteiger partial charge in [0.15, 0.2) is 5.13 Å². The predicted molar refractivity (Wildman–Crippen MR) is 90.0 cm³/mol. The van der Waals surface area contributed by atoms with E-state index in [9.17, 15) is 4.79 Å². The van der Waals surface area contributed by atoms with Gasteiger partial charge in [0.2, 0.25) is 0 Å². The Balaban J connectivity index is 2.09. The van der Waals surface area contributed by atoms with Gasteiger partial charge in [-0.15, -0.1) is 11.3 Å². The van der Waals surface area contributed by atoms with Crippen LogP contribution in [0.15, 0.2) is 29.6 Å². The van der Waals surface area contributed by atoms with Crippen LogP contribution in [0.25, 0.3) is 11.3 Å². The number of methoxy groups -OCH3 is 1. The molecule has 0 aliphatic carbocycles. The highest BCUT2D eigenvalue weighted by Crippen LogP contribution is 2.25. The molecule has 1 amide bonds. The second-order valence-electron chi connectivity index (χ2n) is 4.17. The van der Waals surface area contributed by atoms with Crippen molar-refractivity contribution in [2.45, 2.75) is 19.4 Å². The Hall–Kier alpha value is -0.990. The van der Waals surface area contributed by atoms with Gasteiger partial charge in [0.05, 0.1) is 5.69 Å². The van der Waals surface area contributed by atoms with E-state index in [1.54, 1.807) is 0 Å². The van der Waals surface area contributed by atoms with Gasteiger partial charge in [-0.25, -0.2) is 4.98 Å². The lowest BCUT2D eigenvalue weighted by molar-refractivity contribution is -0.125. The van der Waals surface area contributed by atoms with Gasteiger partial charge in [-0.2, -0.15) is 0 Å². The molecule has 1 aromatic heterocycles. The average molecular weight is 402 g/mol. The molecular weight excluding hydrogens is 387 g/mol. The lowest BCUT2D eigenvalue weighted by atomic mass is 10.2. The van der Waals surface area contributed by atoms with Crippen LogP contribution in [0.4, 0.5) is 5.13 Å². The Morgan fingerprint density at radius 2 is 2.15 bits per heavy atom. The number of benzene rings is 1. The molecule has 106 valence electrons. The molecule has 0 saturated carbocycles. The van der Waals surface area contributed by atoms with Crippen molar-refractivity contribution < 1.29 is 9.53 Å². The summed E-state index contributed by atoms with van der Waals surface area (Å²) in [5.74, 6) is -0.154. The van der Waals surface area contributed by atoms with E-state index in [0.717, 1.165) is 11.3 Å². The zero-order valence-electron chi connectivity index (χ0n) is 11.2. The lowest BCUT2D eigenvalue weighted by Crippen LogP contribution is -2.28. The first-order valence-electron chi connectivity index (χ1n) is 6.19. The molecule has 1 N–H and O–H groups in total. The fraction of sp³-hybridized carbons (Fsp3) is 0.286. The highest BCUT2D eigenvalue weighted by atomic mass is 127. The number of hydrogen-bond acceptors (Lipinski definition) is 4. The minimum Gasteiger partial charge on any atom is -0.372 e. The molecule has 1 heterocycles. The van der Waals surface area contributed by atoms with Gasteiger partial charge in [-0.3, -0.25) is 10.1 Å². The number of carbonyl (C=O) groups excluding carboxylic acids is 1. The number of rotatable bonds is 5. The van der Waals surface area contributed by atoms with Crippen LogP contribution in [0.3, 0.4) is 0 Å². The molecular formula is C14H15IN2O2S. The maximum Gasteiger partial charge on any atom is 0.255 e. The van der Waals surface area contributed by atoms with Crippen molar-refractivity contribution in [3.8, 4) is 11.3 Å². The first-order chi connectivity index (χ1) is 9.63. The number of thiazole rings is 1. The van der Waals surface area contributed by atoms with Gasteiger partial charge in [0.25, 0.3) is 5.91 Å². The number of nitrogens with zero attached hydrogens (tertiary/aromatic N) is 1. The van der Waals surface area contributed by atoms with Crippen LogP contribution >= 0.6 is 33.9 Å². The Labute approximate surface area is 135 Å². The Morgan fingerprint density at radius 1 is 1.45 bits per heavy atom. The highest BCUT2D eigenvalue weighted by molar-refractivity contribution is 14.1. The fourth-order valence-electron chi connectivity index (χ4n) is 1.73. The minimum absolute atomic E-state index is 0.154. The number of aromatic nitrogens is 1. The first-order valence-corrected chi connectivity index (χ1v) is 8.15. The third kappa shape index (κ3) is 3.77. The fourth-order valence-corrected chi connectivity index (χ4v) is 2.81. The van der Waals surface area contributed by atoms with Crippen LogP contribution in [0.5, 0.6) is 0 Å². The third-order valence-electron chi connectivity index (χ3n) is 2.82. The number of amides is 1. The summed E-state index contributed by atoms with van der Waals surface area (Å²) < 4.78 is 6.28. The number of anilines is 1. The molecule has 0 aliphatic heterocycles. The molecule has 0 bridgehead atoms. The first kappa shape index (κ1) is 15.4. The van der Waals surface area contributed by atoms with Crippen molar-refractivity contribution in [3.63, 3.8) is 0 Å². The molecule has 1 atom stereocenters. The molecule has 0 saturated heterocycles. The van der Waals surface area contributed by atoms with Gasteiger partial charge in [0.1, 0.15) is 6.10 Å². The molecule has 0 aliphatic rings. The van der Waals surface area contributed by atoms with Gasteiger partial charge in [-0.1, -0.05) is 19.1 Å². The molecule has 2 aromatic rings. The van der Waals surface area contributed by atoms with E-state index in [1.807, 2.05) is 36.6 Å². The van der Waals surface area contributed by atoms with Crippen LogP contribution in [0, 0.1) is 3.57 Å². The summed E-state index contributed by atoms with van der Waals surface area (Å²) in [6, 6.07) is 8.11. The molecule has 6 heteroatoms. The maximum atomic E-state index is 11.9. The summed E-state index contributed by atoms with van der Waals surface area (Å²) in [5.41, 5.74) is 1.91. The molecule has 0 fully saturated rings. The standard InChI is InChI=1S/C14H15IN2O2S/c1-3-12(19-2)13(18)17-14-16-11(8-20-14)9-4-6-10(15)7-5-9/h4-8,12H,3H2,1-2H3,(H,16,17,18). The van der Waals surface area contributed by atoms with Gasteiger partial charge < -0.3 is 4.74 Å². The summed E-state index contributed by atoms with van der Waals surface area (Å²) >= 11 is 3.68. The van der Waals surface area contributed by atoms with Crippen molar-refractivity contribution in [3.05, 3.63) is 33.2 Å². The molecule has 1 unspecified atom stereocenters. The van der Waals surface area contributed by atoms with Crippen molar-refractivity contribution in [1.82, 2.24) is 4.98 Å². The van der Waals surface area contributed by atoms with Crippen molar-refractivity contribution in [2.24, 2.45) is 0 Å².